The smallest absolute Gasteiger partial charge is 0.0834 e. The zero-order chi connectivity index (χ0) is 37.1. The van der Waals surface area contributed by atoms with E-state index >= 15 is 0 Å². The van der Waals surface area contributed by atoms with Gasteiger partial charge >= 0.3 is 0 Å². The summed E-state index contributed by atoms with van der Waals surface area (Å²) in [6.07, 6.45) is 1.57. The highest BCUT2D eigenvalue weighted by Gasteiger charge is 2.53. The Labute approximate surface area is 332 Å². The molecule has 0 aliphatic heterocycles. The molecule has 0 N–H and O–H groups in total. The highest BCUT2D eigenvalue weighted by molar-refractivity contribution is 8.12. The molecule has 0 radical (unpaired) electrons. The van der Waals surface area contributed by atoms with Crippen molar-refractivity contribution in [3.05, 3.63) is 241 Å². The molecular weight excluding hydrogens is 703 g/mol. The topological polar surface area (TPSA) is 12.4 Å². The molecular formula is C52H41NS2. The molecule has 0 fully saturated rings. The molecule has 4 bridgehead atoms. The van der Waals surface area contributed by atoms with Gasteiger partial charge in [-0.3, -0.25) is 0 Å². The van der Waals surface area contributed by atoms with Gasteiger partial charge in [0, 0.05) is 33.1 Å². The summed E-state index contributed by atoms with van der Waals surface area (Å²) in [5.41, 5.74) is 21.1. The lowest BCUT2D eigenvalue weighted by atomic mass is 9.51. The van der Waals surface area contributed by atoms with Gasteiger partial charge < -0.3 is 0 Å². The van der Waals surface area contributed by atoms with Gasteiger partial charge in [0.25, 0.3) is 0 Å². The van der Waals surface area contributed by atoms with E-state index in [0.29, 0.717) is 0 Å². The first-order valence-electron chi connectivity index (χ1n) is 19.6. The Morgan fingerprint density at radius 3 is 1.00 bits per heavy atom. The van der Waals surface area contributed by atoms with Gasteiger partial charge in [0.15, 0.2) is 0 Å². The van der Waals surface area contributed by atoms with Crippen molar-refractivity contribution in [1.29, 1.82) is 0 Å². The van der Waals surface area contributed by atoms with Crippen LogP contribution in [0.3, 0.4) is 0 Å². The maximum absolute atomic E-state index is 5.72. The molecule has 7 aromatic carbocycles. The quantitative estimate of drug-likeness (QED) is 0.171. The second kappa shape index (κ2) is 11.9. The summed E-state index contributed by atoms with van der Waals surface area (Å²) in [5, 5.41) is 0. The van der Waals surface area contributed by atoms with Crippen LogP contribution in [0.15, 0.2) is 162 Å². The Hall–Kier alpha value is -5.22. The van der Waals surface area contributed by atoms with Crippen LogP contribution >= 0.6 is 0 Å². The van der Waals surface area contributed by atoms with Crippen molar-refractivity contribution >= 4 is 27.0 Å². The third-order valence-electron chi connectivity index (χ3n) is 13.6. The largest absolute Gasteiger partial charge is 0.182 e. The van der Waals surface area contributed by atoms with Crippen LogP contribution in [0.1, 0.15) is 116 Å². The van der Waals surface area contributed by atoms with Crippen molar-refractivity contribution < 1.29 is 0 Å². The standard InChI is InChI=1S/C52H41NS2/c1-50(2,3)34-28-32(30-51-41-22-10-4-16-35(41)47(36-17-5-11-23-42(36)51)37-18-6-12-24-43(37)51)49(53-55-54)33(29-34)31-52-44-25-13-7-19-38(44)48(39-20-8-14-26-45(39)52)40-21-9-15-27-46(40)52/h4-29,47-48H,30-31H2,1-3H3. The lowest BCUT2D eigenvalue weighted by Gasteiger charge is -2.51. The molecule has 0 atom stereocenters. The van der Waals surface area contributed by atoms with E-state index in [4.69, 9.17) is 15.6 Å². The van der Waals surface area contributed by atoms with E-state index in [9.17, 15) is 0 Å². The molecule has 55 heavy (non-hydrogen) atoms. The summed E-state index contributed by atoms with van der Waals surface area (Å²) in [6, 6.07) is 60.2. The van der Waals surface area contributed by atoms with Gasteiger partial charge in [-0.1, -0.05) is 178 Å². The van der Waals surface area contributed by atoms with Crippen molar-refractivity contribution in [2.45, 2.75) is 61.7 Å². The van der Waals surface area contributed by atoms with Gasteiger partial charge in [0.2, 0.25) is 0 Å². The number of hydrogen-bond donors (Lipinski definition) is 0. The van der Waals surface area contributed by atoms with Gasteiger partial charge in [-0.15, -0.1) is 0 Å². The maximum atomic E-state index is 5.72. The minimum atomic E-state index is -0.379. The van der Waals surface area contributed by atoms with Crippen molar-refractivity contribution in [3.8, 4) is 0 Å². The molecule has 3 heteroatoms. The molecule has 0 saturated carbocycles. The van der Waals surface area contributed by atoms with Gasteiger partial charge in [-0.25, -0.2) is 0 Å². The third-order valence-corrected chi connectivity index (χ3v) is 14.0. The SMILES string of the molecule is CC(C)(C)c1cc(CC23c4ccccc4C(c4ccccc42)c2ccccc23)c(N=S=S)c(CC23c4ccccc4C(c4ccccc42)c2ccccc23)c1. The molecule has 0 aromatic heterocycles. The summed E-state index contributed by atoms with van der Waals surface area (Å²) in [5.74, 6) is 0.463. The van der Waals surface area contributed by atoms with E-state index in [2.05, 4.69) is 178 Å². The molecule has 0 heterocycles. The van der Waals surface area contributed by atoms with Crippen molar-refractivity contribution in [2.75, 3.05) is 0 Å². The second-order valence-corrected chi connectivity index (χ2v) is 17.9. The van der Waals surface area contributed by atoms with E-state index in [0.717, 1.165) is 18.5 Å². The zero-order valence-electron chi connectivity index (χ0n) is 31.3. The van der Waals surface area contributed by atoms with Crippen LogP contribution in [0.2, 0.25) is 0 Å². The van der Waals surface area contributed by atoms with E-state index in [-0.39, 0.29) is 28.1 Å². The highest BCUT2D eigenvalue weighted by Crippen LogP contribution is 2.63. The van der Waals surface area contributed by atoms with Crippen LogP contribution in [0.4, 0.5) is 5.69 Å². The highest BCUT2D eigenvalue weighted by atomic mass is 32.8. The molecule has 6 aliphatic rings. The Morgan fingerprint density at radius 2 is 0.745 bits per heavy atom. The Morgan fingerprint density at radius 1 is 0.473 bits per heavy atom. The van der Waals surface area contributed by atoms with E-state index in [1.807, 2.05) is 0 Å². The first-order chi connectivity index (χ1) is 26.9. The predicted molar refractivity (Wildman–Crippen MR) is 230 cm³/mol. The van der Waals surface area contributed by atoms with Crippen LogP contribution in [-0.2, 0) is 50.4 Å². The summed E-state index contributed by atoms with van der Waals surface area (Å²) in [6.45, 7) is 7.05. The average Bonchev–Trinajstić information content (AvgIpc) is 3.22. The summed E-state index contributed by atoms with van der Waals surface area (Å²) >= 11 is 5.72. The fourth-order valence-electron chi connectivity index (χ4n) is 11.5. The van der Waals surface area contributed by atoms with E-state index < -0.39 is 0 Å². The first-order valence-corrected chi connectivity index (χ1v) is 21.3. The monoisotopic (exact) mass is 743 g/mol. The summed E-state index contributed by atoms with van der Waals surface area (Å²) in [7, 11) is 1.18. The molecule has 0 unspecified atom stereocenters. The maximum Gasteiger partial charge on any atom is 0.0834 e. The summed E-state index contributed by atoms with van der Waals surface area (Å²) < 4.78 is 5.28. The molecule has 1 nitrogen and oxygen atoms in total. The molecule has 13 rings (SSSR count). The fraction of sp³-hybridized carbons (Fsp3) is 0.192. The average molecular weight is 744 g/mol. The minimum Gasteiger partial charge on any atom is -0.182 e. The van der Waals surface area contributed by atoms with Gasteiger partial charge in [-0.2, -0.15) is 4.36 Å². The van der Waals surface area contributed by atoms with Crippen LogP contribution < -0.4 is 0 Å². The van der Waals surface area contributed by atoms with Crippen LogP contribution in [0.25, 0.3) is 0 Å². The normalized spacial score (nSPS) is 21.7. The van der Waals surface area contributed by atoms with Crippen LogP contribution in [0.5, 0.6) is 0 Å². The number of benzene rings is 7. The van der Waals surface area contributed by atoms with E-state index in [1.54, 1.807) is 0 Å². The molecule has 0 spiro atoms. The second-order valence-electron chi connectivity index (χ2n) is 17.1. The van der Waals surface area contributed by atoms with E-state index in [1.165, 1.54) is 93.6 Å². The third kappa shape index (κ3) is 4.40. The Kier molecular flexibility index (Phi) is 7.17. The molecule has 0 saturated heterocycles. The van der Waals surface area contributed by atoms with Gasteiger partial charge in [0.1, 0.15) is 0 Å². The number of rotatable bonds is 5. The lowest BCUT2D eigenvalue weighted by Crippen LogP contribution is -2.44. The van der Waals surface area contributed by atoms with Crippen molar-refractivity contribution in [2.24, 2.45) is 4.36 Å². The van der Waals surface area contributed by atoms with Crippen LogP contribution in [0, 0.1) is 0 Å². The molecule has 0 amide bonds. The fourth-order valence-corrected chi connectivity index (χ4v) is 12.0. The van der Waals surface area contributed by atoms with Gasteiger partial charge in [-0.05, 0) is 102 Å². The molecule has 7 aromatic rings. The number of nitrogens with zero attached hydrogens (tertiary/aromatic N) is 1. The van der Waals surface area contributed by atoms with Gasteiger partial charge in [0.05, 0.1) is 16.5 Å². The molecule has 266 valence electrons. The summed E-state index contributed by atoms with van der Waals surface area (Å²) in [4.78, 5) is 0. The Balaban J connectivity index is 1.20. The zero-order valence-corrected chi connectivity index (χ0v) is 33.0. The van der Waals surface area contributed by atoms with Crippen molar-refractivity contribution in [1.82, 2.24) is 0 Å². The molecule has 6 aliphatic carbocycles. The number of hydrogen-bond acceptors (Lipinski definition) is 2. The predicted octanol–water partition coefficient (Wildman–Crippen LogP) is 12.1. The minimum absolute atomic E-state index is 0.0889. The van der Waals surface area contributed by atoms with Crippen LogP contribution in [-0.4, -0.2) is 0 Å². The lowest BCUT2D eigenvalue weighted by molar-refractivity contribution is 0.530. The van der Waals surface area contributed by atoms with Crippen molar-refractivity contribution in [3.63, 3.8) is 0 Å². The first kappa shape index (κ1) is 33.1. The Bertz CT molecular complexity index is 2390.